The third-order valence-corrected chi connectivity index (χ3v) is 9.61. The van der Waals surface area contributed by atoms with E-state index in [1.165, 1.54) is 109 Å². The highest BCUT2D eigenvalue weighted by molar-refractivity contribution is 5.71. The summed E-state index contributed by atoms with van der Waals surface area (Å²) >= 11 is 0. The molecule has 0 amide bonds. The van der Waals surface area contributed by atoms with Crippen molar-refractivity contribution in [1.82, 2.24) is 0 Å². The summed E-state index contributed by atoms with van der Waals surface area (Å²) in [4.78, 5) is 37.6. The van der Waals surface area contributed by atoms with Crippen LogP contribution in [-0.4, -0.2) is 37.2 Å². The van der Waals surface area contributed by atoms with Crippen molar-refractivity contribution in [3.8, 4) is 0 Å². The van der Waals surface area contributed by atoms with E-state index in [0.717, 1.165) is 64.2 Å². The lowest BCUT2D eigenvalue weighted by atomic mass is 10.0. The zero-order valence-electron chi connectivity index (χ0n) is 35.5. The molecule has 312 valence electrons. The molecule has 1 atom stereocenters. The fraction of sp³-hybridized carbons (Fsp3) is 0.771. The lowest BCUT2D eigenvalue weighted by Gasteiger charge is -2.18. The lowest BCUT2D eigenvalue weighted by Crippen LogP contribution is -2.30. The summed E-state index contributed by atoms with van der Waals surface area (Å²) in [5.74, 6) is -0.978. The molecule has 0 aliphatic heterocycles. The summed E-state index contributed by atoms with van der Waals surface area (Å²) in [5.41, 5.74) is 0. The molecule has 6 heteroatoms. The van der Waals surface area contributed by atoms with Gasteiger partial charge < -0.3 is 14.2 Å². The molecule has 0 aliphatic rings. The van der Waals surface area contributed by atoms with Crippen LogP contribution in [0, 0.1) is 0 Å². The Morgan fingerprint density at radius 3 is 1.13 bits per heavy atom. The van der Waals surface area contributed by atoms with Gasteiger partial charge >= 0.3 is 17.9 Å². The van der Waals surface area contributed by atoms with Crippen molar-refractivity contribution in [2.45, 2.75) is 226 Å². The van der Waals surface area contributed by atoms with Gasteiger partial charge in [0.25, 0.3) is 0 Å². The average Bonchev–Trinajstić information content (AvgIpc) is 3.17. The molecule has 6 nitrogen and oxygen atoms in total. The van der Waals surface area contributed by atoms with Crippen molar-refractivity contribution in [2.24, 2.45) is 0 Å². The molecular weight excluding hydrogens is 673 g/mol. The maximum absolute atomic E-state index is 12.7. The number of esters is 3. The molecule has 0 rings (SSSR count). The van der Waals surface area contributed by atoms with Crippen LogP contribution in [0.4, 0.5) is 0 Å². The van der Waals surface area contributed by atoms with E-state index in [0.29, 0.717) is 19.3 Å². The first kappa shape index (κ1) is 51.4. The fourth-order valence-electron chi connectivity index (χ4n) is 6.22. The molecule has 0 bridgehead atoms. The van der Waals surface area contributed by atoms with Crippen molar-refractivity contribution in [2.75, 3.05) is 13.2 Å². The van der Waals surface area contributed by atoms with E-state index in [2.05, 4.69) is 57.2 Å². The van der Waals surface area contributed by atoms with Crippen molar-refractivity contribution in [3.63, 3.8) is 0 Å². The first-order valence-electron chi connectivity index (χ1n) is 22.6. The van der Waals surface area contributed by atoms with Gasteiger partial charge in [-0.15, -0.1) is 0 Å². The summed E-state index contributed by atoms with van der Waals surface area (Å²) in [7, 11) is 0. The van der Waals surface area contributed by atoms with Crippen LogP contribution < -0.4 is 0 Å². The monoisotopic (exact) mass is 757 g/mol. The number of rotatable bonds is 40. The summed E-state index contributed by atoms with van der Waals surface area (Å²) in [5, 5.41) is 0. The largest absolute Gasteiger partial charge is 0.462 e. The molecule has 0 spiro atoms. The molecule has 1 unspecified atom stereocenters. The molecule has 0 saturated heterocycles. The highest BCUT2D eigenvalue weighted by atomic mass is 16.6. The number of carbonyl (C=O) groups is 3. The highest BCUT2D eigenvalue weighted by Crippen LogP contribution is 2.15. The predicted octanol–water partition coefficient (Wildman–Crippen LogP) is 14.4. The minimum atomic E-state index is -0.794. The van der Waals surface area contributed by atoms with Crippen LogP contribution in [0.2, 0.25) is 0 Å². The second-order valence-corrected chi connectivity index (χ2v) is 14.9. The molecule has 54 heavy (non-hydrogen) atoms. The van der Waals surface area contributed by atoms with E-state index in [1.54, 1.807) is 0 Å². The Bertz CT molecular complexity index is 964. The predicted molar refractivity (Wildman–Crippen MR) is 229 cm³/mol. The Labute approximate surface area is 333 Å². The summed E-state index contributed by atoms with van der Waals surface area (Å²) in [6.07, 6.45) is 49.6. The topological polar surface area (TPSA) is 78.9 Å². The molecule has 0 saturated carbocycles. The minimum absolute atomic E-state index is 0.0922. The first-order chi connectivity index (χ1) is 26.5. The number of unbranched alkanes of at least 4 members (excludes halogenated alkanes) is 21. The molecule has 0 radical (unpaired) electrons. The highest BCUT2D eigenvalue weighted by Gasteiger charge is 2.19. The van der Waals surface area contributed by atoms with E-state index in [1.807, 2.05) is 12.2 Å². The second kappa shape index (κ2) is 43.1. The Balaban J connectivity index is 4.45. The van der Waals surface area contributed by atoms with Gasteiger partial charge in [-0.3, -0.25) is 14.4 Å². The maximum atomic E-state index is 12.7. The number of hydrogen-bond donors (Lipinski definition) is 0. The molecule has 0 aromatic carbocycles. The summed E-state index contributed by atoms with van der Waals surface area (Å²) in [6.45, 7) is 6.44. The van der Waals surface area contributed by atoms with Crippen LogP contribution in [-0.2, 0) is 28.6 Å². The third kappa shape index (κ3) is 40.6. The van der Waals surface area contributed by atoms with Gasteiger partial charge in [-0.25, -0.2) is 0 Å². The Hall–Kier alpha value is -2.63. The third-order valence-electron chi connectivity index (χ3n) is 9.61. The Morgan fingerprint density at radius 2 is 0.722 bits per heavy atom. The molecule has 0 aromatic rings. The molecule has 0 fully saturated rings. The number of carbonyl (C=O) groups excluding carboxylic acids is 3. The van der Waals surface area contributed by atoms with Gasteiger partial charge in [0.2, 0.25) is 0 Å². The number of allylic oxidation sites excluding steroid dienone is 8. The SMILES string of the molecule is CC/C=C\C/C=C\C/C=C\C/C=C\CCC(=O)OCC(COC(=O)CCCCCCCCCCCC)OC(=O)CCCCCCCCCCCCCCC. The van der Waals surface area contributed by atoms with Crippen LogP contribution in [0.5, 0.6) is 0 Å². The van der Waals surface area contributed by atoms with Gasteiger partial charge in [-0.2, -0.15) is 0 Å². The number of hydrogen-bond acceptors (Lipinski definition) is 6. The van der Waals surface area contributed by atoms with E-state index < -0.39 is 6.10 Å². The zero-order chi connectivity index (χ0) is 39.4. The minimum Gasteiger partial charge on any atom is -0.462 e. The average molecular weight is 757 g/mol. The summed E-state index contributed by atoms with van der Waals surface area (Å²) < 4.78 is 16.6. The van der Waals surface area contributed by atoms with Crippen molar-refractivity contribution < 1.29 is 28.6 Å². The van der Waals surface area contributed by atoms with Crippen molar-refractivity contribution >= 4 is 17.9 Å². The van der Waals surface area contributed by atoms with E-state index in [-0.39, 0.29) is 37.5 Å². The van der Waals surface area contributed by atoms with Gasteiger partial charge in [-0.05, 0) is 44.9 Å². The number of ether oxygens (including phenoxy) is 3. The molecular formula is C48H84O6. The van der Waals surface area contributed by atoms with E-state index in [9.17, 15) is 14.4 Å². The van der Waals surface area contributed by atoms with Gasteiger partial charge in [-0.1, -0.05) is 204 Å². The van der Waals surface area contributed by atoms with Gasteiger partial charge in [0.15, 0.2) is 6.10 Å². The smallest absolute Gasteiger partial charge is 0.306 e. The summed E-state index contributed by atoms with van der Waals surface area (Å²) in [6, 6.07) is 0. The van der Waals surface area contributed by atoms with Crippen LogP contribution >= 0.6 is 0 Å². The van der Waals surface area contributed by atoms with Gasteiger partial charge in [0.1, 0.15) is 13.2 Å². The van der Waals surface area contributed by atoms with E-state index in [4.69, 9.17) is 14.2 Å². The van der Waals surface area contributed by atoms with Crippen LogP contribution in [0.1, 0.15) is 220 Å². The van der Waals surface area contributed by atoms with Crippen LogP contribution in [0.15, 0.2) is 48.6 Å². The Morgan fingerprint density at radius 1 is 0.389 bits per heavy atom. The van der Waals surface area contributed by atoms with Gasteiger partial charge in [0, 0.05) is 19.3 Å². The van der Waals surface area contributed by atoms with Crippen molar-refractivity contribution in [1.29, 1.82) is 0 Å². The zero-order valence-corrected chi connectivity index (χ0v) is 35.5. The van der Waals surface area contributed by atoms with Crippen LogP contribution in [0.25, 0.3) is 0 Å². The molecule has 0 aromatic heterocycles. The Kier molecular flexibility index (Phi) is 41.0. The standard InChI is InChI=1S/C48H84O6/c1-4-7-10-13-16-19-22-24-26-29-32-35-38-41-47(50)53-44-45(43-52-46(49)40-37-34-31-28-21-18-15-12-9-6-3)54-48(51)42-39-36-33-30-27-25-23-20-17-14-11-8-5-2/h7,10,16,19,24,26,32,35,45H,4-6,8-9,11-15,17-18,20-23,25,27-31,33-34,36-44H2,1-3H3/b10-7-,19-16-,26-24-,35-32-. The van der Waals surface area contributed by atoms with Crippen LogP contribution in [0.3, 0.4) is 0 Å². The quantitative estimate of drug-likeness (QED) is 0.0268. The van der Waals surface area contributed by atoms with Gasteiger partial charge in [0.05, 0.1) is 0 Å². The molecule has 0 N–H and O–H groups in total. The molecule has 0 aliphatic carbocycles. The molecule has 0 heterocycles. The van der Waals surface area contributed by atoms with E-state index >= 15 is 0 Å². The lowest BCUT2D eigenvalue weighted by molar-refractivity contribution is -0.166. The first-order valence-corrected chi connectivity index (χ1v) is 22.6. The normalized spacial score (nSPS) is 12.4. The van der Waals surface area contributed by atoms with Crippen molar-refractivity contribution in [3.05, 3.63) is 48.6 Å². The fourth-order valence-corrected chi connectivity index (χ4v) is 6.22. The maximum Gasteiger partial charge on any atom is 0.306 e. The second-order valence-electron chi connectivity index (χ2n) is 14.9.